The number of methoxy groups -OCH3 is 1. The minimum atomic E-state index is -4.41. The summed E-state index contributed by atoms with van der Waals surface area (Å²) in [7, 11) is 1.39. The maximum absolute atomic E-state index is 12.7. The Balaban J connectivity index is 2.16. The summed E-state index contributed by atoms with van der Waals surface area (Å²) in [6.45, 7) is -0.0732. The van der Waals surface area contributed by atoms with Crippen molar-refractivity contribution in [3.05, 3.63) is 59.2 Å². The first-order chi connectivity index (χ1) is 10.8. The molecule has 23 heavy (non-hydrogen) atoms. The molecule has 4 nitrogen and oxygen atoms in total. The summed E-state index contributed by atoms with van der Waals surface area (Å²) in [5.41, 5.74) is 5.03. The monoisotopic (exact) mass is 325 g/mol. The van der Waals surface area contributed by atoms with Gasteiger partial charge in [0, 0.05) is 5.56 Å². The number of ether oxygens (including phenoxy) is 2. The molecule has 0 aliphatic carbocycles. The maximum Gasteiger partial charge on any atom is 0.416 e. The second-order valence-electron chi connectivity index (χ2n) is 4.72. The molecule has 0 fully saturated rings. The number of primary amides is 1. The van der Waals surface area contributed by atoms with Crippen molar-refractivity contribution in [1.82, 2.24) is 0 Å². The van der Waals surface area contributed by atoms with Gasteiger partial charge in [-0.3, -0.25) is 4.79 Å². The normalized spacial score (nSPS) is 11.1. The molecular weight excluding hydrogens is 311 g/mol. The van der Waals surface area contributed by atoms with Crippen LogP contribution in [0.2, 0.25) is 0 Å². The van der Waals surface area contributed by atoms with Crippen molar-refractivity contribution >= 4 is 5.91 Å². The number of alkyl halides is 3. The van der Waals surface area contributed by atoms with Gasteiger partial charge in [-0.05, 0) is 35.9 Å². The van der Waals surface area contributed by atoms with Crippen molar-refractivity contribution in [2.45, 2.75) is 12.8 Å². The lowest BCUT2D eigenvalue weighted by Crippen LogP contribution is -2.11. The number of halogens is 3. The first-order valence-electron chi connectivity index (χ1n) is 6.58. The highest BCUT2D eigenvalue weighted by Crippen LogP contribution is 2.31. The van der Waals surface area contributed by atoms with Gasteiger partial charge in [-0.2, -0.15) is 13.2 Å². The highest BCUT2D eigenvalue weighted by atomic mass is 19.4. The average Bonchev–Trinajstić information content (AvgIpc) is 2.52. The van der Waals surface area contributed by atoms with Crippen LogP contribution in [0.1, 0.15) is 21.5 Å². The molecule has 0 radical (unpaired) electrons. The molecule has 0 bridgehead atoms. The number of benzene rings is 2. The summed E-state index contributed by atoms with van der Waals surface area (Å²) >= 11 is 0. The van der Waals surface area contributed by atoms with E-state index < -0.39 is 17.6 Å². The van der Waals surface area contributed by atoms with E-state index >= 15 is 0 Å². The number of rotatable bonds is 5. The number of amides is 1. The fourth-order valence-electron chi connectivity index (χ4n) is 1.94. The van der Waals surface area contributed by atoms with Crippen molar-refractivity contribution in [1.29, 1.82) is 0 Å². The predicted octanol–water partition coefficient (Wildman–Crippen LogP) is 3.39. The summed E-state index contributed by atoms with van der Waals surface area (Å²) in [5, 5.41) is 0. The summed E-state index contributed by atoms with van der Waals surface area (Å²) in [4.78, 5) is 11.1. The number of hydrogen-bond donors (Lipinski definition) is 1. The van der Waals surface area contributed by atoms with Gasteiger partial charge in [0.2, 0.25) is 5.91 Å². The molecule has 0 spiro atoms. The Kier molecular flexibility index (Phi) is 4.78. The highest BCUT2D eigenvalue weighted by molar-refractivity contribution is 5.93. The standard InChI is InChI=1S/C16H14F3NO3/c1-22-14-8-11(15(20)21)5-6-13(14)23-9-10-3-2-4-12(7-10)16(17,18)19/h2-8H,9H2,1H3,(H2,20,21). The largest absolute Gasteiger partial charge is 0.493 e. The van der Waals surface area contributed by atoms with Gasteiger partial charge in [0.05, 0.1) is 12.7 Å². The van der Waals surface area contributed by atoms with E-state index in [1.54, 1.807) is 0 Å². The molecule has 2 rings (SSSR count). The van der Waals surface area contributed by atoms with Crippen LogP contribution in [0.5, 0.6) is 11.5 Å². The van der Waals surface area contributed by atoms with E-state index in [1.165, 1.54) is 37.4 Å². The molecule has 0 aromatic heterocycles. The third-order valence-electron chi connectivity index (χ3n) is 3.10. The molecule has 1 amide bonds. The van der Waals surface area contributed by atoms with Crippen LogP contribution in [0, 0.1) is 0 Å². The molecule has 0 saturated carbocycles. The number of carbonyl (C=O) groups excluding carboxylic acids is 1. The zero-order valence-corrected chi connectivity index (χ0v) is 12.2. The molecule has 0 saturated heterocycles. The van der Waals surface area contributed by atoms with E-state index in [2.05, 4.69) is 0 Å². The van der Waals surface area contributed by atoms with E-state index in [-0.39, 0.29) is 17.9 Å². The van der Waals surface area contributed by atoms with Crippen LogP contribution in [0.4, 0.5) is 13.2 Å². The minimum absolute atomic E-state index is 0.0732. The number of nitrogens with two attached hydrogens (primary N) is 1. The molecule has 0 aliphatic heterocycles. The average molecular weight is 325 g/mol. The number of carbonyl (C=O) groups is 1. The molecule has 0 aliphatic rings. The molecule has 2 aromatic carbocycles. The smallest absolute Gasteiger partial charge is 0.416 e. The first kappa shape index (κ1) is 16.7. The van der Waals surface area contributed by atoms with Crippen LogP contribution >= 0.6 is 0 Å². The summed E-state index contributed by atoms with van der Waals surface area (Å²) < 4.78 is 48.6. The third kappa shape index (κ3) is 4.15. The topological polar surface area (TPSA) is 61.5 Å². The van der Waals surface area contributed by atoms with Gasteiger partial charge < -0.3 is 15.2 Å². The highest BCUT2D eigenvalue weighted by Gasteiger charge is 2.30. The Morgan fingerprint density at radius 1 is 1.13 bits per heavy atom. The Bertz CT molecular complexity index is 714. The second kappa shape index (κ2) is 6.60. The van der Waals surface area contributed by atoms with E-state index in [0.29, 0.717) is 11.3 Å². The van der Waals surface area contributed by atoms with Gasteiger partial charge in [0.15, 0.2) is 11.5 Å². The Morgan fingerprint density at radius 3 is 2.48 bits per heavy atom. The quantitative estimate of drug-likeness (QED) is 0.916. The van der Waals surface area contributed by atoms with Crippen molar-refractivity contribution in [3.8, 4) is 11.5 Å². The van der Waals surface area contributed by atoms with Crippen molar-refractivity contribution in [3.63, 3.8) is 0 Å². The fraction of sp³-hybridized carbons (Fsp3) is 0.188. The van der Waals surface area contributed by atoms with Gasteiger partial charge in [-0.25, -0.2) is 0 Å². The molecule has 7 heteroatoms. The SMILES string of the molecule is COc1cc(C(N)=O)ccc1OCc1cccc(C(F)(F)F)c1. The van der Waals surface area contributed by atoms with Crippen molar-refractivity contribution < 1.29 is 27.4 Å². The third-order valence-corrected chi connectivity index (χ3v) is 3.10. The lowest BCUT2D eigenvalue weighted by Gasteiger charge is -2.13. The zero-order valence-electron chi connectivity index (χ0n) is 12.2. The molecule has 0 heterocycles. The fourth-order valence-corrected chi connectivity index (χ4v) is 1.94. The molecule has 2 aromatic rings. The summed E-state index contributed by atoms with van der Waals surface area (Å²) in [6.07, 6.45) is -4.41. The Morgan fingerprint density at radius 2 is 1.87 bits per heavy atom. The predicted molar refractivity (Wildman–Crippen MR) is 77.3 cm³/mol. The van der Waals surface area contributed by atoms with E-state index in [0.717, 1.165) is 12.1 Å². The lowest BCUT2D eigenvalue weighted by molar-refractivity contribution is -0.137. The zero-order chi connectivity index (χ0) is 17.0. The van der Waals surface area contributed by atoms with Crippen LogP contribution in [0.15, 0.2) is 42.5 Å². The molecule has 0 unspecified atom stereocenters. The van der Waals surface area contributed by atoms with Crippen LogP contribution in [-0.2, 0) is 12.8 Å². The Labute approximate surface area is 130 Å². The molecule has 2 N–H and O–H groups in total. The van der Waals surface area contributed by atoms with Crippen LogP contribution in [0.25, 0.3) is 0 Å². The second-order valence-corrected chi connectivity index (χ2v) is 4.72. The van der Waals surface area contributed by atoms with Gasteiger partial charge in [-0.1, -0.05) is 12.1 Å². The van der Waals surface area contributed by atoms with Crippen LogP contribution in [0.3, 0.4) is 0 Å². The van der Waals surface area contributed by atoms with E-state index in [4.69, 9.17) is 15.2 Å². The Hall–Kier alpha value is -2.70. The summed E-state index contributed by atoms with van der Waals surface area (Å²) in [6, 6.07) is 9.19. The van der Waals surface area contributed by atoms with Gasteiger partial charge in [0.25, 0.3) is 0 Å². The molecule has 0 atom stereocenters. The van der Waals surface area contributed by atoms with E-state index in [1.807, 2.05) is 0 Å². The van der Waals surface area contributed by atoms with Gasteiger partial charge in [0.1, 0.15) is 6.61 Å². The lowest BCUT2D eigenvalue weighted by atomic mass is 10.1. The van der Waals surface area contributed by atoms with Crippen molar-refractivity contribution in [2.24, 2.45) is 5.73 Å². The minimum Gasteiger partial charge on any atom is -0.493 e. The van der Waals surface area contributed by atoms with Crippen molar-refractivity contribution in [2.75, 3.05) is 7.11 Å². The van der Waals surface area contributed by atoms with E-state index in [9.17, 15) is 18.0 Å². The maximum atomic E-state index is 12.7. The van der Waals surface area contributed by atoms with Gasteiger partial charge in [-0.15, -0.1) is 0 Å². The van der Waals surface area contributed by atoms with Crippen LogP contribution < -0.4 is 15.2 Å². The first-order valence-corrected chi connectivity index (χ1v) is 6.58. The summed E-state index contributed by atoms with van der Waals surface area (Å²) in [5.74, 6) is -0.0454. The molecule has 122 valence electrons. The molecular formula is C16H14F3NO3. The van der Waals surface area contributed by atoms with Crippen LogP contribution in [-0.4, -0.2) is 13.0 Å². The number of hydrogen-bond acceptors (Lipinski definition) is 3. The van der Waals surface area contributed by atoms with Gasteiger partial charge >= 0.3 is 6.18 Å².